The van der Waals surface area contributed by atoms with Crippen LogP contribution in [0.3, 0.4) is 0 Å². The van der Waals surface area contributed by atoms with Crippen LogP contribution in [0.2, 0.25) is 0 Å². The highest BCUT2D eigenvalue weighted by Crippen LogP contribution is 2.25. The van der Waals surface area contributed by atoms with Crippen molar-refractivity contribution in [2.24, 2.45) is 0 Å². The first kappa shape index (κ1) is 16.2. The topological polar surface area (TPSA) is 24.5 Å². The van der Waals surface area contributed by atoms with Gasteiger partial charge in [0.25, 0.3) is 0 Å². The predicted molar refractivity (Wildman–Crippen MR) is 90.5 cm³/mol. The fourth-order valence-corrected chi connectivity index (χ4v) is 2.80. The molecule has 1 fully saturated rings. The lowest BCUT2D eigenvalue weighted by atomic mass is 10.1. The Morgan fingerprint density at radius 1 is 1.10 bits per heavy atom. The Hall–Kier alpha value is -1.22. The third kappa shape index (κ3) is 5.24. The number of piperazine rings is 1. The molecule has 3 heteroatoms. The van der Waals surface area contributed by atoms with Crippen LogP contribution in [0, 0.1) is 6.92 Å². The minimum atomic E-state index is 0.845. The van der Waals surface area contributed by atoms with Gasteiger partial charge in [-0.25, -0.2) is 0 Å². The van der Waals surface area contributed by atoms with Crippen molar-refractivity contribution >= 4 is 5.69 Å². The minimum Gasteiger partial charge on any atom is -0.493 e. The van der Waals surface area contributed by atoms with Gasteiger partial charge >= 0.3 is 0 Å². The van der Waals surface area contributed by atoms with Crippen molar-refractivity contribution in [3.63, 3.8) is 0 Å². The summed E-state index contributed by atoms with van der Waals surface area (Å²) in [5.41, 5.74) is 2.57. The highest BCUT2D eigenvalue weighted by atomic mass is 16.5. The number of nitrogens with zero attached hydrogens (tertiary/aromatic N) is 1. The Balaban J connectivity index is 1.78. The lowest BCUT2D eigenvalue weighted by Crippen LogP contribution is -2.43. The van der Waals surface area contributed by atoms with Crippen LogP contribution in [-0.2, 0) is 0 Å². The highest BCUT2D eigenvalue weighted by molar-refractivity contribution is 5.53. The number of aryl methyl sites for hydroxylation is 1. The van der Waals surface area contributed by atoms with Crippen LogP contribution < -0.4 is 15.0 Å². The summed E-state index contributed by atoms with van der Waals surface area (Å²) in [4.78, 5) is 2.44. The van der Waals surface area contributed by atoms with Gasteiger partial charge in [0.05, 0.1) is 6.61 Å². The summed E-state index contributed by atoms with van der Waals surface area (Å²) in [6, 6.07) is 6.60. The first-order chi connectivity index (χ1) is 10.3. The molecule has 1 aliphatic heterocycles. The second kappa shape index (κ2) is 8.93. The molecule has 2 rings (SSSR count). The normalized spacial score (nSPS) is 15.2. The Morgan fingerprint density at radius 3 is 2.57 bits per heavy atom. The number of hydrogen-bond donors (Lipinski definition) is 1. The van der Waals surface area contributed by atoms with E-state index in [1.165, 1.54) is 43.4 Å². The lowest BCUT2D eigenvalue weighted by molar-refractivity contribution is 0.302. The fraction of sp³-hybridized carbons (Fsp3) is 0.667. The molecule has 0 amide bonds. The van der Waals surface area contributed by atoms with Gasteiger partial charge in [0.15, 0.2) is 0 Å². The maximum absolute atomic E-state index is 5.93. The summed E-state index contributed by atoms with van der Waals surface area (Å²) in [5, 5.41) is 3.39. The number of hydrogen-bond acceptors (Lipinski definition) is 3. The van der Waals surface area contributed by atoms with Crippen molar-refractivity contribution < 1.29 is 4.74 Å². The molecular weight excluding hydrogens is 260 g/mol. The summed E-state index contributed by atoms with van der Waals surface area (Å²) in [6.07, 6.45) is 6.43. The van der Waals surface area contributed by atoms with E-state index in [4.69, 9.17) is 4.74 Å². The van der Waals surface area contributed by atoms with Gasteiger partial charge in [0, 0.05) is 31.9 Å². The molecule has 0 radical (unpaired) electrons. The minimum absolute atomic E-state index is 0.845. The van der Waals surface area contributed by atoms with Gasteiger partial charge in [-0.1, -0.05) is 32.6 Å². The van der Waals surface area contributed by atoms with Crippen molar-refractivity contribution in [2.45, 2.75) is 46.0 Å². The van der Waals surface area contributed by atoms with E-state index in [1.54, 1.807) is 0 Å². The van der Waals surface area contributed by atoms with Crippen molar-refractivity contribution in [2.75, 3.05) is 37.7 Å². The zero-order valence-corrected chi connectivity index (χ0v) is 13.7. The average molecular weight is 290 g/mol. The van der Waals surface area contributed by atoms with Gasteiger partial charge in [-0.2, -0.15) is 0 Å². The summed E-state index contributed by atoms with van der Waals surface area (Å²) < 4.78 is 5.93. The van der Waals surface area contributed by atoms with Crippen molar-refractivity contribution in [1.29, 1.82) is 0 Å². The lowest BCUT2D eigenvalue weighted by Gasteiger charge is -2.30. The Kier molecular flexibility index (Phi) is 6.87. The highest BCUT2D eigenvalue weighted by Gasteiger charge is 2.11. The molecular formula is C18H30N2O. The van der Waals surface area contributed by atoms with Gasteiger partial charge in [0.2, 0.25) is 0 Å². The zero-order valence-electron chi connectivity index (χ0n) is 13.7. The molecule has 1 aromatic rings. The first-order valence-electron chi connectivity index (χ1n) is 8.50. The molecule has 1 N–H and O–H groups in total. The summed E-state index contributed by atoms with van der Waals surface area (Å²) in [7, 11) is 0. The Labute approximate surface area is 129 Å². The number of anilines is 1. The second-order valence-corrected chi connectivity index (χ2v) is 5.95. The monoisotopic (exact) mass is 290 g/mol. The van der Waals surface area contributed by atoms with Crippen molar-refractivity contribution in [3.05, 3.63) is 23.8 Å². The summed E-state index contributed by atoms with van der Waals surface area (Å²) in [5.74, 6) is 1.05. The van der Waals surface area contributed by atoms with Gasteiger partial charge in [0.1, 0.15) is 5.75 Å². The molecule has 0 bridgehead atoms. The molecule has 1 aliphatic rings. The molecule has 1 aromatic carbocycles. The maximum atomic E-state index is 5.93. The number of benzene rings is 1. The van der Waals surface area contributed by atoms with Crippen LogP contribution in [-0.4, -0.2) is 32.8 Å². The molecule has 0 unspecified atom stereocenters. The molecule has 0 saturated carbocycles. The SMILES string of the molecule is CCCCCCCOc1ccc(N2CCNCC2)cc1C. The average Bonchev–Trinajstić information content (AvgIpc) is 2.53. The third-order valence-electron chi connectivity index (χ3n) is 4.15. The van der Waals surface area contributed by atoms with Crippen LogP contribution in [0.5, 0.6) is 5.75 Å². The van der Waals surface area contributed by atoms with E-state index < -0.39 is 0 Å². The molecule has 0 aliphatic carbocycles. The van der Waals surface area contributed by atoms with E-state index in [9.17, 15) is 0 Å². The predicted octanol–water partition coefficient (Wildman–Crippen LogP) is 3.75. The standard InChI is InChI=1S/C18H30N2O/c1-3-4-5-6-7-14-21-18-9-8-17(15-16(18)2)20-12-10-19-11-13-20/h8-9,15,19H,3-7,10-14H2,1-2H3. The van der Waals surface area contributed by atoms with Crippen LogP contribution >= 0.6 is 0 Å². The van der Waals surface area contributed by atoms with Crippen molar-refractivity contribution in [1.82, 2.24) is 5.32 Å². The molecule has 0 aromatic heterocycles. The number of nitrogens with one attached hydrogen (secondary N) is 1. The number of unbranched alkanes of at least 4 members (excludes halogenated alkanes) is 4. The Bertz CT molecular complexity index is 414. The van der Waals surface area contributed by atoms with E-state index in [1.807, 2.05) is 0 Å². The third-order valence-corrected chi connectivity index (χ3v) is 4.15. The van der Waals surface area contributed by atoms with E-state index in [0.29, 0.717) is 0 Å². The van der Waals surface area contributed by atoms with E-state index in [2.05, 4.69) is 42.3 Å². The maximum Gasteiger partial charge on any atom is 0.122 e. The van der Waals surface area contributed by atoms with Crippen LogP contribution in [0.4, 0.5) is 5.69 Å². The number of rotatable bonds is 8. The van der Waals surface area contributed by atoms with Gasteiger partial charge in [-0.15, -0.1) is 0 Å². The van der Waals surface area contributed by atoms with Crippen molar-refractivity contribution in [3.8, 4) is 5.75 Å². The van der Waals surface area contributed by atoms with E-state index >= 15 is 0 Å². The molecule has 118 valence electrons. The van der Waals surface area contributed by atoms with Crippen LogP contribution in [0.25, 0.3) is 0 Å². The zero-order chi connectivity index (χ0) is 14.9. The molecule has 0 atom stereocenters. The van der Waals surface area contributed by atoms with Gasteiger partial charge in [-0.05, 0) is 37.1 Å². The smallest absolute Gasteiger partial charge is 0.122 e. The fourth-order valence-electron chi connectivity index (χ4n) is 2.80. The van der Waals surface area contributed by atoms with Gasteiger partial charge in [-0.3, -0.25) is 0 Å². The summed E-state index contributed by atoms with van der Waals surface area (Å²) in [6.45, 7) is 9.59. The number of ether oxygens (including phenoxy) is 1. The van der Waals surface area contributed by atoms with Crippen LogP contribution in [0.1, 0.15) is 44.6 Å². The largest absolute Gasteiger partial charge is 0.493 e. The molecule has 3 nitrogen and oxygen atoms in total. The van der Waals surface area contributed by atoms with Gasteiger partial charge < -0.3 is 15.0 Å². The summed E-state index contributed by atoms with van der Waals surface area (Å²) >= 11 is 0. The second-order valence-electron chi connectivity index (χ2n) is 5.95. The molecule has 1 saturated heterocycles. The molecule has 21 heavy (non-hydrogen) atoms. The van der Waals surface area contributed by atoms with Crippen LogP contribution in [0.15, 0.2) is 18.2 Å². The first-order valence-corrected chi connectivity index (χ1v) is 8.50. The van der Waals surface area contributed by atoms with E-state index in [-0.39, 0.29) is 0 Å². The van der Waals surface area contributed by atoms with E-state index in [0.717, 1.165) is 38.5 Å². The molecule has 0 spiro atoms. The Morgan fingerprint density at radius 2 is 1.86 bits per heavy atom. The molecule has 1 heterocycles. The quantitative estimate of drug-likeness (QED) is 0.738.